The molecular formula is C24H23Cl2F3N4O. The zero-order chi connectivity index (χ0) is 24.3. The SMILES string of the molecule is O=C(N[C@H]1CC[C@H](CNc2n[nH]cc2-c2ccccc2Cl)CC1)c1cc(C(F)(F)F)ccc1Cl. The predicted octanol–water partition coefficient (Wildman–Crippen LogP) is 6.80. The Morgan fingerprint density at radius 1 is 1.03 bits per heavy atom. The molecule has 1 aromatic heterocycles. The molecule has 34 heavy (non-hydrogen) atoms. The fraction of sp³-hybridized carbons (Fsp3) is 0.333. The molecule has 10 heteroatoms. The van der Waals surface area contributed by atoms with Crippen LogP contribution in [0.2, 0.25) is 10.0 Å². The molecule has 0 unspecified atom stereocenters. The molecule has 1 aliphatic rings. The molecule has 3 N–H and O–H groups in total. The lowest BCUT2D eigenvalue weighted by Gasteiger charge is -2.29. The van der Waals surface area contributed by atoms with E-state index in [1.54, 1.807) is 6.20 Å². The van der Waals surface area contributed by atoms with Crippen molar-refractivity contribution in [2.75, 3.05) is 11.9 Å². The average Bonchev–Trinajstić information content (AvgIpc) is 3.27. The highest BCUT2D eigenvalue weighted by molar-refractivity contribution is 6.34. The summed E-state index contributed by atoms with van der Waals surface area (Å²) in [6, 6.07) is 10.2. The minimum atomic E-state index is -4.54. The van der Waals surface area contributed by atoms with Gasteiger partial charge in [-0.05, 0) is 55.9 Å². The summed E-state index contributed by atoms with van der Waals surface area (Å²) in [6.07, 6.45) is 0.443. The molecule has 1 amide bonds. The van der Waals surface area contributed by atoms with Crippen LogP contribution in [0.4, 0.5) is 19.0 Å². The molecule has 0 saturated heterocycles. The number of aromatic amines is 1. The summed E-state index contributed by atoms with van der Waals surface area (Å²) in [7, 11) is 0. The number of anilines is 1. The average molecular weight is 511 g/mol. The third-order valence-corrected chi connectivity index (χ3v) is 6.74. The van der Waals surface area contributed by atoms with Crippen molar-refractivity contribution in [1.82, 2.24) is 15.5 Å². The van der Waals surface area contributed by atoms with Crippen molar-refractivity contribution >= 4 is 34.9 Å². The third kappa shape index (κ3) is 5.67. The number of amides is 1. The maximum atomic E-state index is 13.0. The van der Waals surface area contributed by atoms with Crippen molar-refractivity contribution in [3.05, 3.63) is 69.8 Å². The van der Waals surface area contributed by atoms with E-state index >= 15 is 0 Å². The Morgan fingerprint density at radius 3 is 2.47 bits per heavy atom. The van der Waals surface area contributed by atoms with Gasteiger partial charge in [-0.1, -0.05) is 41.4 Å². The van der Waals surface area contributed by atoms with E-state index in [9.17, 15) is 18.0 Å². The van der Waals surface area contributed by atoms with Gasteiger partial charge in [-0.3, -0.25) is 9.89 Å². The summed E-state index contributed by atoms with van der Waals surface area (Å²) in [5, 5.41) is 14.0. The standard InChI is InChI=1S/C24H23Cl2F3N4O/c25-20-4-2-1-3-17(20)19-13-31-33-22(19)30-12-14-5-8-16(9-6-14)32-23(34)18-11-15(24(27,28)29)7-10-21(18)26/h1-4,7,10-11,13-14,16H,5-6,8-9,12H2,(H,32,34)(H2,30,31,33)/t14-,16-. The van der Waals surface area contributed by atoms with Gasteiger partial charge in [0.2, 0.25) is 0 Å². The predicted molar refractivity (Wildman–Crippen MR) is 127 cm³/mol. The Kier molecular flexibility index (Phi) is 7.38. The molecule has 0 radical (unpaired) electrons. The molecule has 0 atom stereocenters. The van der Waals surface area contributed by atoms with Gasteiger partial charge in [-0.15, -0.1) is 0 Å². The number of H-pyrrole nitrogens is 1. The smallest absolute Gasteiger partial charge is 0.368 e. The number of carbonyl (C=O) groups is 1. The first-order valence-corrected chi connectivity index (χ1v) is 11.7. The highest BCUT2D eigenvalue weighted by Crippen LogP contribution is 2.34. The number of alkyl halides is 3. The number of nitrogens with zero attached hydrogens (tertiary/aromatic N) is 1. The summed E-state index contributed by atoms with van der Waals surface area (Å²) >= 11 is 12.3. The first kappa shape index (κ1) is 24.4. The lowest BCUT2D eigenvalue weighted by atomic mass is 9.86. The molecule has 1 fully saturated rings. The molecule has 5 nitrogen and oxygen atoms in total. The van der Waals surface area contributed by atoms with Gasteiger partial charge in [0.05, 0.1) is 16.1 Å². The van der Waals surface area contributed by atoms with Crippen molar-refractivity contribution < 1.29 is 18.0 Å². The number of hydrogen-bond donors (Lipinski definition) is 3. The Balaban J connectivity index is 1.30. The molecular weight excluding hydrogens is 488 g/mol. The first-order chi connectivity index (χ1) is 16.2. The Morgan fingerprint density at radius 2 is 1.76 bits per heavy atom. The topological polar surface area (TPSA) is 69.8 Å². The van der Waals surface area contributed by atoms with Gasteiger partial charge in [-0.25, -0.2) is 0 Å². The Bertz CT molecular complexity index is 1160. The molecule has 2 aromatic carbocycles. The second kappa shape index (κ2) is 10.3. The van der Waals surface area contributed by atoms with Gasteiger partial charge in [0, 0.05) is 34.9 Å². The minimum Gasteiger partial charge on any atom is -0.368 e. The number of aromatic nitrogens is 2. The van der Waals surface area contributed by atoms with E-state index in [1.807, 2.05) is 24.3 Å². The molecule has 0 aliphatic heterocycles. The van der Waals surface area contributed by atoms with E-state index < -0.39 is 17.6 Å². The summed E-state index contributed by atoms with van der Waals surface area (Å²) in [4.78, 5) is 12.6. The van der Waals surface area contributed by atoms with E-state index in [0.717, 1.165) is 60.8 Å². The normalized spacial score (nSPS) is 18.5. The van der Waals surface area contributed by atoms with Crippen LogP contribution in [0, 0.1) is 5.92 Å². The van der Waals surface area contributed by atoms with E-state index in [0.29, 0.717) is 17.5 Å². The lowest BCUT2D eigenvalue weighted by molar-refractivity contribution is -0.137. The van der Waals surface area contributed by atoms with Crippen molar-refractivity contribution in [3.63, 3.8) is 0 Å². The fourth-order valence-corrected chi connectivity index (χ4v) is 4.64. The minimum absolute atomic E-state index is 0.00304. The number of halogens is 5. The number of hydrogen-bond acceptors (Lipinski definition) is 3. The van der Waals surface area contributed by atoms with Crippen LogP contribution in [0.1, 0.15) is 41.6 Å². The zero-order valence-corrected chi connectivity index (χ0v) is 19.6. The highest BCUT2D eigenvalue weighted by atomic mass is 35.5. The van der Waals surface area contributed by atoms with Crippen molar-refractivity contribution in [2.24, 2.45) is 5.92 Å². The number of benzene rings is 2. The second-order valence-electron chi connectivity index (χ2n) is 8.39. The van der Waals surface area contributed by atoms with Crippen LogP contribution in [-0.2, 0) is 6.18 Å². The van der Waals surface area contributed by atoms with Crippen molar-refractivity contribution in [3.8, 4) is 11.1 Å². The van der Waals surface area contributed by atoms with E-state index in [2.05, 4.69) is 20.8 Å². The monoisotopic (exact) mass is 510 g/mol. The molecule has 3 aromatic rings. The van der Waals surface area contributed by atoms with Crippen molar-refractivity contribution in [2.45, 2.75) is 37.9 Å². The Labute approximate surface area is 205 Å². The third-order valence-electron chi connectivity index (χ3n) is 6.08. The molecule has 0 bridgehead atoms. The van der Waals surface area contributed by atoms with Crippen LogP contribution in [0.25, 0.3) is 11.1 Å². The van der Waals surface area contributed by atoms with Crippen LogP contribution >= 0.6 is 23.2 Å². The van der Waals surface area contributed by atoms with Gasteiger partial charge in [-0.2, -0.15) is 18.3 Å². The van der Waals surface area contributed by atoms with Gasteiger partial charge in [0.1, 0.15) is 0 Å². The molecule has 1 heterocycles. The number of nitrogens with one attached hydrogen (secondary N) is 3. The maximum absolute atomic E-state index is 13.0. The summed E-state index contributed by atoms with van der Waals surface area (Å²) < 4.78 is 39.0. The molecule has 0 spiro atoms. The van der Waals surface area contributed by atoms with Gasteiger partial charge < -0.3 is 10.6 Å². The van der Waals surface area contributed by atoms with Gasteiger partial charge >= 0.3 is 6.18 Å². The number of carbonyl (C=O) groups excluding carboxylic acids is 1. The molecule has 1 aliphatic carbocycles. The van der Waals surface area contributed by atoms with E-state index in [4.69, 9.17) is 23.2 Å². The molecule has 1 saturated carbocycles. The van der Waals surface area contributed by atoms with Gasteiger partial charge in [0.25, 0.3) is 5.91 Å². The van der Waals surface area contributed by atoms with Crippen LogP contribution in [0.3, 0.4) is 0 Å². The first-order valence-electron chi connectivity index (χ1n) is 10.9. The van der Waals surface area contributed by atoms with Crippen LogP contribution < -0.4 is 10.6 Å². The molecule has 180 valence electrons. The van der Waals surface area contributed by atoms with Gasteiger partial charge in [0.15, 0.2) is 5.82 Å². The van der Waals surface area contributed by atoms with Crippen LogP contribution in [0.15, 0.2) is 48.7 Å². The summed E-state index contributed by atoms with van der Waals surface area (Å²) in [5.41, 5.74) is 0.724. The van der Waals surface area contributed by atoms with E-state index in [-0.39, 0.29) is 16.6 Å². The lowest BCUT2D eigenvalue weighted by Crippen LogP contribution is -2.38. The fourth-order valence-electron chi connectivity index (χ4n) is 4.20. The highest BCUT2D eigenvalue weighted by Gasteiger charge is 2.32. The van der Waals surface area contributed by atoms with E-state index in [1.165, 1.54) is 0 Å². The maximum Gasteiger partial charge on any atom is 0.416 e. The largest absolute Gasteiger partial charge is 0.416 e. The van der Waals surface area contributed by atoms with Crippen LogP contribution in [0.5, 0.6) is 0 Å². The second-order valence-corrected chi connectivity index (χ2v) is 9.21. The zero-order valence-electron chi connectivity index (χ0n) is 18.1. The quantitative estimate of drug-likeness (QED) is 0.341. The van der Waals surface area contributed by atoms with Crippen molar-refractivity contribution in [1.29, 1.82) is 0 Å². The van der Waals surface area contributed by atoms with Crippen LogP contribution in [-0.4, -0.2) is 28.7 Å². The molecule has 4 rings (SSSR count). The summed E-state index contributed by atoms with van der Waals surface area (Å²) in [5.74, 6) is 0.516. The Hall–Kier alpha value is -2.71. The number of rotatable bonds is 6. The summed E-state index contributed by atoms with van der Waals surface area (Å²) in [6.45, 7) is 0.711.